The van der Waals surface area contributed by atoms with E-state index in [9.17, 15) is 4.79 Å². The highest BCUT2D eigenvalue weighted by atomic mass is 32.2. The first kappa shape index (κ1) is 20.2. The average molecular weight is 430 g/mol. The Morgan fingerprint density at radius 1 is 1.30 bits per heavy atom. The fourth-order valence-electron chi connectivity index (χ4n) is 5.05. The Labute approximate surface area is 182 Å². The van der Waals surface area contributed by atoms with Gasteiger partial charge in [-0.1, -0.05) is 17.8 Å². The van der Waals surface area contributed by atoms with Crippen molar-refractivity contribution in [3.8, 4) is 5.75 Å². The minimum absolute atomic E-state index is 0.120. The molecule has 0 saturated heterocycles. The molecule has 2 aliphatic heterocycles. The summed E-state index contributed by atoms with van der Waals surface area (Å²) in [5.41, 5.74) is 7.98. The first-order valence-corrected chi connectivity index (χ1v) is 12.0. The number of hydrogen-bond acceptors (Lipinski definition) is 6. The van der Waals surface area contributed by atoms with Crippen molar-refractivity contribution in [1.82, 2.24) is 5.32 Å². The van der Waals surface area contributed by atoms with Crippen molar-refractivity contribution in [1.29, 1.82) is 0 Å². The number of carbonyl (C=O) groups excluding carboxylic acids is 1. The van der Waals surface area contributed by atoms with E-state index in [0.29, 0.717) is 11.1 Å². The zero-order valence-corrected chi connectivity index (χ0v) is 18.8. The van der Waals surface area contributed by atoms with Gasteiger partial charge >= 0.3 is 6.09 Å². The zero-order valence-electron chi connectivity index (χ0n) is 17.9. The third-order valence-electron chi connectivity index (χ3n) is 6.58. The normalized spacial score (nSPS) is 32.7. The molecular weight excluding hydrogens is 398 g/mol. The van der Waals surface area contributed by atoms with Gasteiger partial charge in [0.05, 0.1) is 0 Å². The summed E-state index contributed by atoms with van der Waals surface area (Å²) < 4.78 is 11.9. The van der Waals surface area contributed by atoms with E-state index in [1.54, 1.807) is 11.8 Å². The molecule has 2 aliphatic carbocycles. The molecule has 5 rings (SSSR count). The van der Waals surface area contributed by atoms with Gasteiger partial charge in [-0.3, -0.25) is 5.32 Å². The van der Waals surface area contributed by atoms with Gasteiger partial charge in [0.1, 0.15) is 23.0 Å². The van der Waals surface area contributed by atoms with Gasteiger partial charge in [-0.15, -0.1) is 0 Å². The first-order chi connectivity index (χ1) is 14.2. The summed E-state index contributed by atoms with van der Waals surface area (Å²) in [6.45, 7) is 5.58. The summed E-state index contributed by atoms with van der Waals surface area (Å²) in [5, 5.41) is 3.51. The van der Waals surface area contributed by atoms with Gasteiger partial charge in [0, 0.05) is 23.3 Å². The number of amides is 1. The fourth-order valence-corrected chi connectivity index (χ4v) is 6.22. The van der Waals surface area contributed by atoms with Crippen molar-refractivity contribution in [2.75, 3.05) is 5.75 Å². The van der Waals surface area contributed by atoms with Crippen LogP contribution in [-0.2, 0) is 10.3 Å². The number of thioether (sulfide) groups is 1. The SMILES string of the molecule is CC(C)(C)OC(=O)NC1=NC2(CS1)c1cc(C3CC3)ccc1O[C@H]1CCC(N)C[C@@H]12. The van der Waals surface area contributed by atoms with Crippen LogP contribution in [0.5, 0.6) is 5.75 Å². The van der Waals surface area contributed by atoms with E-state index < -0.39 is 17.2 Å². The molecule has 4 atom stereocenters. The summed E-state index contributed by atoms with van der Waals surface area (Å²) >= 11 is 1.59. The molecule has 3 N–H and O–H groups in total. The molecule has 4 aliphatic rings. The Morgan fingerprint density at radius 2 is 2.10 bits per heavy atom. The number of hydrogen-bond donors (Lipinski definition) is 2. The number of alkyl carbamates (subject to hydrolysis) is 1. The van der Waals surface area contributed by atoms with E-state index in [4.69, 9.17) is 20.2 Å². The lowest BCUT2D eigenvalue weighted by Crippen LogP contribution is -2.52. The Kier molecular flexibility index (Phi) is 4.82. The quantitative estimate of drug-likeness (QED) is 0.696. The van der Waals surface area contributed by atoms with Crippen molar-refractivity contribution < 1.29 is 14.3 Å². The van der Waals surface area contributed by atoms with E-state index in [-0.39, 0.29) is 18.1 Å². The van der Waals surface area contributed by atoms with Crippen molar-refractivity contribution in [3.05, 3.63) is 29.3 Å². The van der Waals surface area contributed by atoms with E-state index in [1.165, 1.54) is 18.4 Å². The zero-order chi connectivity index (χ0) is 21.1. The smallest absolute Gasteiger partial charge is 0.413 e. The van der Waals surface area contributed by atoms with Crippen LogP contribution >= 0.6 is 11.8 Å². The molecule has 7 heteroatoms. The molecule has 1 amide bonds. The molecule has 0 bridgehead atoms. The minimum atomic E-state index is -0.544. The number of aliphatic imine (C=N–C) groups is 1. The summed E-state index contributed by atoms with van der Waals surface area (Å²) in [7, 11) is 0. The van der Waals surface area contributed by atoms with Crippen LogP contribution in [-0.4, -0.2) is 34.8 Å². The average Bonchev–Trinajstić information content (AvgIpc) is 3.43. The van der Waals surface area contributed by atoms with Gasteiger partial charge in [0.2, 0.25) is 0 Å². The van der Waals surface area contributed by atoms with Gasteiger partial charge in [-0.25, -0.2) is 9.79 Å². The minimum Gasteiger partial charge on any atom is -0.490 e. The Morgan fingerprint density at radius 3 is 2.83 bits per heavy atom. The second-order valence-corrected chi connectivity index (χ2v) is 11.1. The second-order valence-electron chi connectivity index (χ2n) is 10.1. The third-order valence-corrected chi connectivity index (χ3v) is 7.63. The van der Waals surface area contributed by atoms with Gasteiger partial charge in [0.15, 0.2) is 5.17 Å². The third kappa shape index (κ3) is 3.71. The molecule has 1 aromatic carbocycles. The number of nitrogens with zero attached hydrogens (tertiary/aromatic N) is 1. The van der Waals surface area contributed by atoms with Gasteiger partial charge in [-0.05, 0) is 76.5 Å². The maximum absolute atomic E-state index is 12.3. The first-order valence-electron chi connectivity index (χ1n) is 11.0. The summed E-state index contributed by atoms with van der Waals surface area (Å²) in [6.07, 6.45) is 5.00. The molecule has 30 heavy (non-hydrogen) atoms. The number of nitrogens with two attached hydrogens (primary N) is 1. The number of ether oxygens (including phenoxy) is 2. The van der Waals surface area contributed by atoms with Crippen LogP contribution in [0.1, 0.15) is 69.9 Å². The fraction of sp³-hybridized carbons (Fsp3) is 0.652. The summed E-state index contributed by atoms with van der Waals surface area (Å²) in [6, 6.07) is 6.83. The Balaban J connectivity index is 1.51. The van der Waals surface area contributed by atoms with Crippen LogP contribution in [0.4, 0.5) is 4.79 Å². The van der Waals surface area contributed by atoms with E-state index in [1.807, 2.05) is 20.8 Å². The molecule has 1 aromatic rings. The van der Waals surface area contributed by atoms with Gasteiger partial charge in [-0.2, -0.15) is 0 Å². The molecule has 0 aromatic heterocycles. The van der Waals surface area contributed by atoms with Crippen molar-refractivity contribution >= 4 is 23.0 Å². The molecule has 2 saturated carbocycles. The molecule has 162 valence electrons. The largest absolute Gasteiger partial charge is 0.490 e. The molecule has 2 heterocycles. The van der Waals surface area contributed by atoms with Crippen LogP contribution in [0, 0.1) is 5.92 Å². The number of rotatable bonds is 1. The lowest BCUT2D eigenvalue weighted by atomic mass is 9.67. The highest BCUT2D eigenvalue weighted by molar-refractivity contribution is 8.14. The lowest BCUT2D eigenvalue weighted by Gasteiger charge is -2.48. The predicted molar refractivity (Wildman–Crippen MR) is 119 cm³/mol. The van der Waals surface area contributed by atoms with Gasteiger partial charge in [0.25, 0.3) is 0 Å². The van der Waals surface area contributed by atoms with Crippen molar-refractivity contribution in [2.45, 2.75) is 82.1 Å². The van der Waals surface area contributed by atoms with E-state index in [2.05, 4.69) is 23.5 Å². The van der Waals surface area contributed by atoms with Crippen LogP contribution in [0.3, 0.4) is 0 Å². The van der Waals surface area contributed by atoms with Crippen LogP contribution in [0.25, 0.3) is 0 Å². The van der Waals surface area contributed by atoms with Crippen LogP contribution < -0.4 is 15.8 Å². The maximum Gasteiger partial charge on any atom is 0.413 e. The molecular formula is C23H31N3O3S. The van der Waals surface area contributed by atoms with Crippen LogP contribution in [0.15, 0.2) is 23.2 Å². The predicted octanol–water partition coefficient (Wildman–Crippen LogP) is 4.28. The standard InChI is InChI=1S/C23H31N3O3S/c1-22(2,3)29-21(27)25-20-26-23(12-30-20)16-10-14(13-4-5-13)6-8-18(16)28-19-9-7-15(24)11-17(19)23/h6,8,10,13,15,17,19H,4-5,7,9,11-12,24H2,1-3H3,(H,25,26,27)/t15?,17-,19-,23?/m0/s1. The van der Waals surface area contributed by atoms with Gasteiger partial charge < -0.3 is 15.2 Å². The number of benzene rings is 1. The Bertz CT molecular complexity index is 892. The highest BCUT2D eigenvalue weighted by Crippen LogP contribution is 2.55. The molecule has 2 unspecified atom stereocenters. The van der Waals surface area contributed by atoms with Crippen LogP contribution in [0.2, 0.25) is 0 Å². The number of nitrogens with one attached hydrogen (secondary N) is 1. The van der Waals surface area contributed by atoms with Crippen molar-refractivity contribution in [2.24, 2.45) is 16.6 Å². The monoisotopic (exact) mass is 429 g/mol. The molecule has 6 nitrogen and oxygen atoms in total. The van der Waals surface area contributed by atoms with E-state index >= 15 is 0 Å². The molecule has 0 radical (unpaired) electrons. The second kappa shape index (κ2) is 7.16. The number of fused-ring (bicyclic) bond motifs is 4. The lowest BCUT2D eigenvalue weighted by molar-refractivity contribution is 0.0204. The maximum atomic E-state index is 12.3. The van der Waals surface area contributed by atoms with Crippen molar-refractivity contribution in [3.63, 3.8) is 0 Å². The summed E-state index contributed by atoms with van der Waals surface area (Å²) in [5.74, 6) is 2.61. The summed E-state index contributed by atoms with van der Waals surface area (Å²) in [4.78, 5) is 17.5. The number of amidine groups is 1. The topological polar surface area (TPSA) is 85.9 Å². The molecule has 2 fully saturated rings. The van der Waals surface area contributed by atoms with E-state index in [0.717, 1.165) is 36.3 Å². The molecule has 1 spiro atoms. The number of carbonyl (C=O) groups is 1. The Hall–Kier alpha value is -1.73. The highest BCUT2D eigenvalue weighted by Gasteiger charge is 2.54.